The third kappa shape index (κ3) is 2.31. The van der Waals surface area contributed by atoms with Crippen molar-refractivity contribution in [2.24, 2.45) is 0 Å². The summed E-state index contributed by atoms with van der Waals surface area (Å²) in [6.07, 6.45) is 0. The molecule has 0 unspecified atom stereocenters. The summed E-state index contributed by atoms with van der Waals surface area (Å²) in [7, 11) is 0. The van der Waals surface area contributed by atoms with Gasteiger partial charge in [-0.25, -0.2) is 8.78 Å². The molecule has 0 radical (unpaired) electrons. The number of benzene rings is 1. The molecule has 0 aliphatic carbocycles. The maximum atomic E-state index is 13.2. The van der Waals surface area contributed by atoms with Crippen molar-refractivity contribution in [1.82, 2.24) is 0 Å². The summed E-state index contributed by atoms with van der Waals surface area (Å²) in [5, 5.41) is 2.57. The van der Waals surface area contributed by atoms with Gasteiger partial charge in [0.1, 0.15) is 11.5 Å². The average molecular weight is 206 g/mol. The molecule has 0 fully saturated rings. The van der Waals surface area contributed by atoms with Crippen LogP contribution in [0.5, 0.6) is 0 Å². The van der Waals surface area contributed by atoms with E-state index in [0.717, 1.165) is 6.07 Å². The first-order valence-electron chi connectivity index (χ1n) is 3.92. The Hall–Kier alpha value is -0.830. The Bertz CT molecular complexity index is 313. The molecule has 1 aromatic carbocycles. The van der Waals surface area contributed by atoms with Crippen molar-refractivity contribution in [3.8, 4) is 0 Å². The normalized spacial score (nSPS) is 10.6. The molecule has 72 valence electrons. The van der Waals surface area contributed by atoms with Crippen molar-refractivity contribution in [2.75, 3.05) is 5.32 Å². The highest BCUT2D eigenvalue weighted by molar-refractivity contribution is 6.31. The van der Waals surface area contributed by atoms with Crippen LogP contribution in [0, 0.1) is 11.6 Å². The number of halogens is 3. The standard InChI is InChI=1S/C9H10ClF2N/c1-5(2)13-9-7(11)4-3-6(10)8(9)12/h3-5,13H,1-2H3. The first kappa shape index (κ1) is 10.3. The lowest BCUT2D eigenvalue weighted by Crippen LogP contribution is -2.12. The molecular weight excluding hydrogens is 196 g/mol. The molecule has 1 aromatic rings. The van der Waals surface area contributed by atoms with Crippen LogP contribution in [-0.2, 0) is 0 Å². The van der Waals surface area contributed by atoms with E-state index in [2.05, 4.69) is 5.32 Å². The molecule has 0 bridgehead atoms. The minimum Gasteiger partial charge on any atom is -0.378 e. The van der Waals surface area contributed by atoms with Gasteiger partial charge >= 0.3 is 0 Å². The van der Waals surface area contributed by atoms with Gasteiger partial charge < -0.3 is 5.32 Å². The lowest BCUT2D eigenvalue weighted by atomic mass is 10.2. The molecule has 1 N–H and O–H groups in total. The Labute approximate surface area is 80.7 Å². The van der Waals surface area contributed by atoms with Crippen LogP contribution >= 0.6 is 11.6 Å². The lowest BCUT2D eigenvalue weighted by molar-refractivity contribution is 0.585. The van der Waals surface area contributed by atoms with Crippen LogP contribution in [0.3, 0.4) is 0 Å². The van der Waals surface area contributed by atoms with Gasteiger partial charge in [-0.05, 0) is 26.0 Å². The number of nitrogens with one attached hydrogen (secondary N) is 1. The summed E-state index contributed by atoms with van der Waals surface area (Å²) >= 11 is 5.49. The Morgan fingerprint density at radius 1 is 1.31 bits per heavy atom. The molecule has 0 aliphatic rings. The highest BCUT2D eigenvalue weighted by Gasteiger charge is 2.12. The number of anilines is 1. The molecule has 1 rings (SSSR count). The van der Waals surface area contributed by atoms with E-state index < -0.39 is 11.6 Å². The minimum absolute atomic E-state index is 0.0394. The molecule has 0 spiro atoms. The number of hydrogen-bond acceptors (Lipinski definition) is 1. The molecule has 0 saturated heterocycles. The quantitative estimate of drug-likeness (QED) is 0.730. The monoisotopic (exact) mass is 205 g/mol. The van der Waals surface area contributed by atoms with E-state index in [1.807, 2.05) is 0 Å². The fourth-order valence-corrected chi connectivity index (χ4v) is 1.11. The molecule has 1 nitrogen and oxygen atoms in total. The van der Waals surface area contributed by atoms with Crippen LogP contribution in [0.25, 0.3) is 0 Å². The van der Waals surface area contributed by atoms with E-state index in [0.29, 0.717) is 0 Å². The second-order valence-corrected chi connectivity index (χ2v) is 3.42. The highest BCUT2D eigenvalue weighted by Crippen LogP contribution is 2.25. The fraction of sp³-hybridized carbons (Fsp3) is 0.333. The largest absolute Gasteiger partial charge is 0.378 e. The van der Waals surface area contributed by atoms with Gasteiger partial charge in [0.05, 0.1) is 5.02 Å². The molecule has 0 aromatic heterocycles. The van der Waals surface area contributed by atoms with E-state index in [9.17, 15) is 8.78 Å². The van der Waals surface area contributed by atoms with Gasteiger partial charge in [-0.1, -0.05) is 11.6 Å². The van der Waals surface area contributed by atoms with Crippen molar-refractivity contribution in [3.63, 3.8) is 0 Å². The summed E-state index contributed by atoms with van der Waals surface area (Å²) in [6, 6.07) is 2.29. The van der Waals surface area contributed by atoms with Gasteiger partial charge in [0.2, 0.25) is 0 Å². The molecule has 13 heavy (non-hydrogen) atoms. The average Bonchev–Trinajstić information content (AvgIpc) is 2.05. The third-order valence-electron chi connectivity index (χ3n) is 1.48. The first-order chi connectivity index (χ1) is 6.02. The van der Waals surface area contributed by atoms with Gasteiger partial charge in [-0.3, -0.25) is 0 Å². The van der Waals surface area contributed by atoms with E-state index in [1.165, 1.54) is 6.07 Å². The van der Waals surface area contributed by atoms with Gasteiger partial charge in [0.15, 0.2) is 5.82 Å². The maximum Gasteiger partial charge on any atom is 0.167 e. The Kier molecular flexibility index (Phi) is 3.09. The molecular formula is C9H10ClF2N. The minimum atomic E-state index is -0.740. The summed E-state index contributed by atoms with van der Waals surface area (Å²) in [5.74, 6) is -1.37. The van der Waals surface area contributed by atoms with E-state index >= 15 is 0 Å². The smallest absolute Gasteiger partial charge is 0.167 e. The maximum absolute atomic E-state index is 13.2. The second-order valence-electron chi connectivity index (χ2n) is 3.02. The van der Waals surface area contributed by atoms with Crippen molar-refractivity contribution < 1.29 is 8.78 Å². The zero-order valence-electron chi connectivity index (χ0n) is 7.37. The Balaban J connectivity index is 3.10. The second kappa shape index (κ2) is 3.92. The Morgan fingerprint density at radius 3 is 2.46 bits per heavy atom. The third-order valence-corrected chi connectivity index (χ3v) is 1.77. The summed E-state index contributed by atoms with van der Waals surface area (Å²) in [6.45, 7) is 3.58. The van der Waals surface area contributed by atoms with Crippen LogP contribution in [0.2, 0.25) is 5.02 Å². The summed E-state index contributed by atoms with van der Waals surface area (Å²) in [5.41, 5.74) is -0.164. The SMILES string of the molecule is CC(C)Nc1c(F)ccc(Cl)c1F. The van der Waals surface area contributed by atoms with Crippen LogP contribution < -0.4 is 5.32 Å². The molecule has 0 atom stereocenters. The first-order valence-corrected chi connectivity index (χ1v) is 4.30. The number of rotatable bonds is 2. The van der Waals surface area contributed by atoms with E-state index in [-0.39, 0.29) is 16.8 Å². The van der Waals surface area contributed by atoms with Gasteiger partial charge in [0.25, 0.3) is 0 Å². The zero-order valence-corrected chi connectivity index (χ0v) is 8.12. The predicted octanol–water partition coefficient (Wildman–Crippen LogP) is 3.44. The van der Waals surface area contributed by atoms with Crippen LogP contribution in [0.4, 0.5) is 14.5 Å². The molecule has 4 heteroatoms. The topological polar surface area (TPSA) is 12.0 Å². The highest BCUT2D eigenvalue weighted by atomic mass is 35.5. The molecule has 0 saturated carbocycles. The molecule has 0 heterocycles. The zero-order chi connectivity index (χ0) is 10.0. The van der Waals surface area contributed by atoms with Crippen molar-refractivity contribution in [3.05, 3.63) is 28.8 Å². The molecule has 0 amide bonds. The molecule has 0 aliphatic heterocycles. The van der Waals surface area contributed by atoms with Gasteiger partial charge in [-0.2, -0.15) is 0 Å². The Morgan fingerprint density at radius 2 is 1.92 bits per heavy atom. The number of hydrogen-bond donors (Lipinski definition) is 1. The van der Waals surface area contributed by atoms with Gasteiger partial charge in [-0.15, -0.1) is 0 Å². The van der Waals surface area contributed by atoms with Crippen LogP contribution in [0.15, 0.2) is 12.1 Å². The summed E-state index contributed by atoms with van der Waals surface area (Å²) in [4.78, 5) is 0. The predicted molar refractivity (Wildman–Crippen MR) is 50.1 cm³/mol. The van der Waals surface area contributed by atoms with Crippen molar-refractivity contribution in [1.29, 1.82) is 0 Å². The summed E-state index contributed by atoms with van der Waals surface area (Å²) < 4.78 is 26.2. The van der Waals surface area contributed by atoms with Crippen molar-refractivity contribution >= 4 is 17.3 Å². The van der Waals surface area contributed by atoms with Crippen LogP contribution in [0.1, 0.15) is 13.8 Å². The van der Waals surface area contributed by atoms with Gasteiger partial charge in [0, 0.05) is 6.04 Å². The fourth-order valence-electron chi connectivity index (χ4n) is 0.948. The lowest BCUT2D eigenvalue weighted by Gasteiger charge is -2.12. The van der Waals surface area contributed by atoms with E-state index in [4.69, 9.17) is 11.6 Å². The van der Waals surface area contributed by atoms with Crippen molar-refractivity contribution in [2.45, 2.75) is 19.9 Å². The van der Waals surface area contributed by atoms with Crippen LogP contribution in [-0.4, -0.2) is 6.04 Å². The van der Waals surface area contributed by atoms with E-state index in [1.54, 1.807) is 13.8 Å².